The molecule has 0 fully saturated rings. The Morgan fingerprint density at radius 3 is 2.44 bits per heavy atom. The maximum Gasteiger partial charge on any atom is 0.153 e. The second-order valence-electron chi connectivity index (χ2n) is 4.47. The predicted octanol–water partition coefficient (Wildman–Crippen LogP) is 2.09. The van der Waals surface area contributed by atoms with Crippen molar-refractivity contribution >= 4 is 15.5 Å². The molecular weight excluding hydrogens is 250 g/mol. The topological polar surface area (TPSA) is 69.4 Å². The van der Waals surface area contributed by atoms with Crippen molar-refractivity contribution in [1.29, 1.82) is 0 Å². The van der Waals surface area contributed by atoms with Crippen LogP contribution in [-0.2, 0) is 9.84 Å². The van der Waals surface area contributed by atoms with E-state index in [4.69, 9.17) is 10.5 Å². The van der Waals surface area contributed by atoms with Gasteiger partial charge in [-0.25, -0.2) is 8.42 Å². The first-order valence-corrected chi connectivity index (χ1v) is 7.88. The first-order chi connectivity index (χ1) is 8.35. The average Bonchev–Trinajstić information content (AvgIpc) is 2.25. The molecule has 18 heavy (non-hydrogen) atoms. The summed E-state index contributed by atoms with van der Waals surface area (Å²) in [5, 5.41) is 0. The van der Waals surface area contributed by atoms with Gasteiger partial charge in [-0.05, 0) is 31.4 Å². The largest absolute Gasteiger partial charge is 0.492 e. The molecule has 0 amide bonds. The minimum absolute atomic E-state index is 0.0497. The number of benzene rings is 1. The van der Waals surface area contributed by atoms with Crippen molar-refractivity contribution in [3.05, 3.63) is 23.3 Å². The normalized spacial score (nSPS) is 11.5. The third-order valence-electron chi connectivity index (χ3n) is 2.73. The quantitative estimate of drug-likeness (QED) is 0.804. The molecule has 0 radical (unpaired) electrons. The molecule has 1 rings (SSSR count). The van der Waals surface area contributed by atoms with Gasteiger partial charge in [-0.3, -0.25) is 0 Å². The fourth-order valence-corrected chi connectivity index (χ4v) is 2.86. The Kier molecular flexibility index (Phi) is 5.02. The van der Waals surface area contributed by atoms with Crippen molar-refractivity contribution < 1.29 is 13.2 Å². The zero-order valence-electron chi connectivity index (χ0n) is 11.2. The van der Waals surface area contributed by atoms with E-state index in [-0.39, 0.29) is 18.1 Å². The van der Waals surface area contributed by atoms with E-state index in [1.165, 1.54) is 0 Å². The summed E-state index contributed by atoms with van der Waals surface area (Å²) in [5.74, 6) is 0.921. The molecule has 0 unspecified atom stereocenters. The summed E-state index contributed by atoms with van der Waals surface area (Å²) in [7, 11) is -2.99. The SMILES string of the molecule is CCCS(=O)(=O)CCOc1cc(N)c(C)cc1C. The van der Waals surface area contributed by atoms with E-state index < -0.39 is 9.84 Å². The van der Waals surface area contributed by atoms with Crippen molar-refractivity contribution in [3.63, 3.8) is 0 Å². The molecule has 1 aromatic carbocycles. The molecule has 0 saturated carbocycles. The number of ether oxygens (including phenoxy) is 1. The molecule has 0 spiro atoms. The standard InChI is InChI=1S/C13H21NO3S/c1-4-6-18(15,16)7-5-17-13-9-12(14)10(2)8-11(13)3/h8-9H,4-7,14H2,1-3H3. The molecule has 0 aliphatic rings. The Balaban J connectivity index is 2.62. The Labute approximate surface area is 109 Å². The van der Waals surface area contributed by atoms with Crippen LogP contribution < -0.4 is 10.5 Å². The number of nitrogen functional groups attached to an aromatic ring is 1. The number of aryl methyl sites for hydroxylation is 2. The van der Waals surface area contributed by atoms with Gasteiger partial charge < -0.3 is 10.5 Å². The summed E-state index contributed by atoms with van der Waals surface area (Å²) in [6.45, 7) is 5.87. The second-order valence-corrected chi connectivity index (χ2v) is 6.78. The van der Waals surface area contributed by atoms with Crippen molar-refractivity contribution in [2.24, 2.45) is 0 Å². The van der Waals surface area contributed by atoms with Gasteiger partial charge in [-0.15, -0.1) is 0 Å². The molecule has 0 atom stereocenters. The lowest BCUT2D eigenvalue weighted by molar-refractivity contribution is 0.338. The first kappa shape index (κ1) is 14.8. The van der Waals surface area contributed by atoms with Gasteiger partial charge in [-0.2, -0.15) is 0 Å². The van der Waals surface area contributed by atoms with Crippen LogP contribution in [-0.4, -0.2) is 26.5 Å². The van der Waals surface area contributed by atoms with Crippen LogP contribution in [0.5, 0.6) is 5.75 Å². The highest BCUT2D eigenvalue weighted by Gasteiger charge is 2.10. The molecule has 5 heteroatoms. The average molecular weight is 271 g/mol. The summed E-state index contributed by atoms with van der Waals surface area (Å²) >= 11 is 0. The Hall–Kier alpha value is -1.23. The van der Waals surface area contributed by atoms with Gasteiger partial charge in [0.15, 0.2) is 9.84 Å². The van der Waals surface area contributed by atoms with Crippen molar-refractivity contribution in [2.45, 2.75) is 27.2 Å². The molecule has 0 aliphatic heterocycles. The molecule has 0 saturated heterocycles. The van der Waals surface area contributed by atoms with E-state index in [1.54, 1.807) is 6.07 Å². The van der Waals surface area contributed by atoms with E-state index >= 15 is 0 Å². The molecule has 1 aromatic rings. The zero-order chi connectivity index (χ0) is 13.8. The molecular formula is C13H21NO3S. The van der Waals surface area contributed by atoms with Crippen LogP contribution in [0.2, 0.25) is 0 Å². The number of hydrogen-bond donors (Lipinski definition) is 1. The minimum Gasteiger partial charge on any atom is -0.492 e. The molecule has 0 aromatic heterocycles. The molecule has 102 valence electrons. The second kappa shape index (κ2) is 6.09. The molecule has 4 nitrogen and oxygen atoms in total. The lowest BCUT2D eigenvalue weighted by Gasteiger charge is -2.11. The highest BCUT2D eigenvalue weighted by atomic mass is 32.2. The summed E-state index contributed by atoms with van der Waals surface area (Å²) in [6, 6.07) is 3.68. The Morgan fingerprint density at radius 1 is 1.17 bits per heavy atom. The van der Waals surface area contributed by atoms with Gasteiger partial charge in [-0.1, -0.05) is 13.0 Å². The van der Waals surface area contributed by atoms with Crippen molar-refractivity contribution in [2.75, 3.05) is 23.8 Å². The van der Waals surface area contributed by atoms with Gasteiger partial charge >= 0.3 is 0 Å². The smallest absolute Gasteiger partial charge is 0.153 e. The third-order valence-corrected chi connectivity index (χ3v) is 4.55. The van der Waals surface area contributed by atoms with Gasteiger partial charge in [0.1, 0.15) is 12.4 Å². The van der Waals surface area contributed by atoms with Gasteiger partial charge in [0, 0.05) is 11.8 Å². The minimum atomic E-state index is -2.99. The number of anilines is 1. The Morgan fingerprint density at radius 2 is 1.83 bits per heavy atom. The van der Waals surface area contributed by atoms with E-state index in [0.29, 0.717) is 17.9 Å². The number of hydrogen-bond acceptors (Lipinski definition) is 4. The fourth-order valence-electron chi connectivity index (χ4n) is 1.70. The first-order valence-electron chi connectivity index (χ1n) is 6.05. The van der Waals surface area contributed by atoms with Crippen molar-refractivity contribution in [3.8, 4) is 5.75 Å². The van der Waals surface area contributed by atoms with Crippen LogP contribution in [0.3, 0.4) is 0 Å². The number of rotatable bonds is 6. The molecule has 0 bridgehead atoms. The fraction of sp³-hybridized carbons (Fsp3) is 0.538. The lowest BCUT2D eigenvalue weighted by atomic mass is 10.1. The van der Waals surface area contributed by atoms with Gasteiger partial charge in [0.05, 0.1) is 11.5 Å². The predicted molar refractivity (Wildman–Crippen MR) is 74.8 cm³/mol. The van der Waals surface area contributed by atoms with Crippen molar-refractivity contribution in [1.82, 2.24) is 0 Å². The van der Waals surface area contributed by atoms with E-state index in [0.717, 1.165) is 11.1 Å². The number of nitrogens with two attached hydrogens (primary N) is 1. The van der Waals surface area contributed by atoms with Crippen LogP contribution in [0.25, 0.3) is 0 Å². The van der Waals surface area contributed by atoms with E-state index in [9.17, 15) is 8.42 Å². The van der Waals surface area contributed by atoms with E-state index in [1.807, 2.05) is 26.8 Å². The van der Waals surface area contributed by atoms with Gasteiger partial charge in [0.2, 0.25) is 0 Å². The molecule has 0 aliphatic carbocycles. The van der Waals surface area contributed by atoms with Crippen LogP contribution in [0, 0.1) is 13.8 Å². The third kappa shape index (κ3) is 4.22. The van der Waals surface area contributed by atoms with Crippen LogP contribution in [0.1, 0.15) is 24.5 Å². The molecule has 2 N–H and O–H groups in total. The molecule has 0 heterocycles. The highest BCUT2D eigenvalue weighted by molar-refractivity contribution is 7.91. The maximum absolute atomic E-state index is 11.5. The van der Waals surface area contributed by atoms with Crippen LogP contribution >= 0.6 is 0 Å². The summed E-state index contributed by atoms with van der Waals surface area (Å²) in [4.78, 5) is 0. The monoisotopic (exact) mass is 271 g/mol. The van der Waals surface area contributed by atoms with Crippen LogP contribution in [0.4, 0.5) is 5.69 Å². The Bertz CT molecular complexity index is 509. The van der Waals surface area contributed by atoms with E-state index in [2.05, 4.69) is 0 Å². The highest BCUT2D eigenvalue weighted by Crippen LogP contribution is 2.24. The summed E-state index contributed by atoms with van der Waals surface area (Å²) in [6.07, 6.45) is 0.638. The lowest BCUT2D eigenvalue weighted by Crippen LogP contribution is -2.17. The number of sulfone groups is 1. The summed E-state index contributed by atoms with van der Waals surface area (Å²) < 4.78 is 28.5. The maximum atomic E-state index is 11.5. The summed E-state index contributed by atoms with van der Waals surface area (Å²) in [5.41, 5.74) is 8.42. The zero-order valence-corrected chi connectivity index (χ0v) is 12.0. The van der Waals surface area contributed by atoms with Crippen LogP contribution in [0.15, 0.2) is 12.1 Å². The van der Waals surface area contributed by atoms with Gasteiger partial charge in [0.25, 0.3) is 0 Å².